The Bertz CT molecular complexity index is 2080. The van der Waals surface area contributed by atoms with Crippen LogP contribution in [0.1, 0.15) is 140 Å². The van der Waals surface area contributed by atoms with E-state index < -0.39 is 90.5 Å². The molecule has 79 heavy (non-hydrogen) atoms. The number of hydrogen-bond donors (Lipinski definition) is 4. The molecule has 6 amide bonds. The molecule has 13 atom stereocenters. The first kappa shape index (κ1) is 68.3. The standard InChI is InChI=1S/C58H99N7O14/c1-18-37(6)50(63(15)55(71)48(35(2)3)61-54(70)49(36(4)5)62(13)14)44(74-16)32-46(68)64-30-22-26-42(64)51(75-17)39(8)53(69)60-40(9)52(41-24-20-19-21-25-41)78-56(72)43-27-23-31-65(43)45(67)28-29-59-57(73)76-34-47(77-38(7)33-66)79-58(10,11)12/h19-21,24-25,35-40,42-44,47-52,66H,18,22-23,26-34H2,1-17H3,(H,59,73)(H,60,69)(H,61,70)/t37-,38?,39+,40+,42-,43+,44+,47?,48?,49?,50-,51+,52+/m0/s1. The second-order valence-corrected chi connectivity index (χ2v) is 23.3. The lowest BCUT2D eigenvalue weighted by molar-refractivity contribution is -0.230. The molecule has 21 nitrogen and oxygen atoms in total. The highest BCUT2D eigenvalue weighted by atomic mass is 16.7. The van der Waals surface area contributed by atoms with E-state index in [0.29, 0.717) is 50.8 Å². The topological polar surface area (TPSA) is 244 Å². The number of carbonyl (C=O) groups excluding carboxylic acids is 7. The molecule has 4 unspecified atom stereocenters. The summed E-state index contributed by atoms with van der Waals surface area (Å²) in [5.41, 5.74) is 0.00928. The Hall–Kier alpha value is -4.93. The molecular weight excluding hydrogens is 1020 g/mol. The molecule has 450 valence electrons. The summed E-state index contributed by atoms with van der Waals surface area (Å²) in [4.78, 5) is 104. The Morgan fingerprint density at radius 2 is 1.44 bits per heavy atom. The number of methoxy groups -OCH3 is 2. The van der Waals surface area contributed by atoms with Gasteiger partial charge in [-0.05, 0) is 97.7 Å². The second kappa shape index (κ2) is 32.5. The maximum atomic E-state index is 14.5. The Morgan fingerprint density at radius 3 is 2.00 bits per heavy atom. The second-order valence-electron chi connectivity index (χ2n) is 23.3. The first-order valence-corrected chi connectivity index (χ1v) is 28.4. The summed E-state index contributed by atoms with van der Waals surface area (Å²) in [5, 5.41) is 18.1. The van der Waals surface area contributed by atoms with Crippen LogP contribution in [0.4, 0.5) is 4.79 Å². The number of rotatable bonds is 31. The molecule has 0 radical (unpaired) electrons. The first-order chi connectivity index (χ1) is 37.1. The molecule has 0 saturated carbocycles. The van der Waals surface area contributed by atoms with E-state index in [1.165, 1.54) is 19.1 Å². The number of nitrogens with one attached hydrogen (secondary N) is 3. The van der Waals surface area contributed by atoms with Crippen molar-refractivity contribution in [2.24, 2.45) is 23.7 Å². The van der Waals surface area contributed by atoms with Crippen molar-refractivity contribution in [3.05, 3.63) is 35.9 Å². The van der Waals surface area contributed by atoms with Gasteiger partial charge in [-0.1, -0.05) is 85.2 Å². The van der Waals surface area contributed by atoms with Crippen LogP contribution >= 0.6 is 0 Å². The first-order valence-electron chi connectivity index (χ1n) is 28.4. The predicted octanol–water partition coefficient (Wildman–Crippen LogP) is 5.07. The van der Waals surface area contributed by atoms with Crippen LogP contribution in [-0.4, -0.2) is 201 Å². The molecule has 2 heterocycles. The summed E-state index contributed by atoms with van der Waals surface area (Å²) in [7, 11) is 8.45. The molecule has 0 spiro atoms. The van der Waals surface area contributed by atoms with Crippen LogP contribution in [0.3, 0.4) is 0 Å². The Kier molecular flexibility index (Phi) is 28.1. The molecular formula is C58H99N7O14. The molecule has 3 rings (SSSR count). The molecule has 2 fully saturated rings. The zero-order valence-corrected chi connectivity index (χ0v) is 50.6. The summed E-state index contributed by atoms with van der Waals surface area (Å²) in [6, 6.07) is 5.15. The number of hydrogen-bond acceptors (Lipinski definition) is 15. The monoisotopic (exact) mass is 1120 g/mol. The zero-order chi connectivity index (χ0) is 59.5. The highest BCUT2D eigenvalue weighted by molar-refractivity contribution is 5.90. The molecule has 4 N–H and O–H groups in total. The van der Waals surface area contributed by atoms with Crippen LogP contribution in [0, 0.1) is 23.7 Å². The van der Waals surface area contributed by atoms with Crippen molar-refractivity contribution < 1.29 is 67.1 Å². The molecule has 0 bridgehead atoms. The number of aliphatic hydroxyl groups excluding tert-OH is 1. The molecule has 1 aromatic rings. The average molecular weight is 1120 g/mol. The Balaban J connectivity index is 1.72. The predicted molar refractivity (Wildman–Crippen MR) is 299 cm³/mol. The van der Waals surface area contributed by atoms with E-state index in [-0.39, 0.29) is 79.9 Å². The van der Waals surface area contributed by atoms with Gasteiger partial charge in [0.2, 0.25) is 29.5 Å². The van der Waals surface area contributed by atoms with E-state index in [0.717, 1.165) is 0 Å². The third-order valence-electron chi connectivity index (χ3n) is 15.1. The third-order valence-corrected chi connectivity index (χ3v) is 15.1. The van der Waals surface area contributed by atoms with Crippen LogP contribution in [0.5, 0.6) is 0 Å². The molecule has 1 aromatic carbocycles. The summed E-state index contributed by atoms with van der Waals surface area (Å²) >= 11 is 0. The van der Waals surface area contributed by atoms with Gasteiger partial charge in [0, 0.05) is 47.3 Å². The molecule has 2 saturated heterocycles. The number of ether oxygens (including phenoxy) is 6. The molecule has 21 heteroatoms. The number of likely N-dealkylation sites (tertiary alicyclic amines) is 2. The van der Waals surface area contributed by atoms with Crippen LogP contribution in [0.2, 0.25) is 0 Å². The van der Waals surface area contributed by atoms with Crippen molar-refractivity contribution in [3.63, 3.8) is 0 Å². The minimum Gasteiger partial charge on any atom is -0.454 e. The lowest BCUT2D eigenvalue weighted by atomic mass is 9.89. The van der Waals surface area contributed by atoms with E-state index in [9.17, 15) is 38.7 Å². The number of likely N-dealkylation sites (N-methyl/N-ethyl adjacent to an activating group) is 2. The summed E-state index contributed by atoms with van der Waals surface area (Å²) in [6.07, 6.45) is -1.94. The number of amides is 6. The van der Waals surface area contributed by atoms with E-state index in [1.54, 1.807) is 61.9 Å². The van der Waals surface area contributed by atoms with Gasteiger partial charge in [-0.3, -0.25) is 28.9 Å². The van der Waals surface area contributed by atoms with Crippen LogP contribution < -0.4 is 16.0 Å². The minimum atomic E-state index is -0.948. The van der Waals surface area contributed by atoms with Crippen LogP contribution in [0.15, 0.2) is 30.3 Å². The lowest BCUT2D eigenvalue weighted by Gasteiger charge is -2.41. The van der Waals surface area contributed by atoms with Gasteiger partial charge in [0.05, 0.1) is 67.0 Å². The quantitative estimate of drug-likeness (QED) is 0.0561. The van der Waals surface area contributed by atoms with E-state index >= 15 is 0 Å². The van der Waals surface area contributed by atoms with Gasteiger partial charge in [-0.25, -0.2) is 9.59 Å². The zero-order valence-electron chi connectivity index (χ0n) is 50.6. The van der Waals surface area contributed by atoms with Gasteiger partial charge in [-0.15, -0.1) is 0 Å². The number of esters is 1. The lowest BCUT2D eigenvalue weighted by Crippen LogP contribution is -2.59. The Labute approximate surface area is 471 Å². The highest BCUT2D eigenvalue weighted by Gasteiger charge is 2.44. The fraction of sp³-hybridized carbons (Fsp3) is 0.776. The summed E-state index contributed by atoms with van der Waals surface area (Å²) < 4.78 is 35.1. The SMILES string of the molecule is CC[C@H](C)[C@@H]([C@@H](CC(=O)N1CCC[C@H]1[C@H](OC)[C@@H](C)C(=O)N[C@H](C)[C@@H](OC(=O)[C@H]1CCCN1C(=O)CCNC(=O)OCC(OC(C)CO)OC(C)(C)C)c1ccccc1)OC)N(C)C(=O)C(NC(=O)C(C(C)C)N(C)C)C(C)C. The van der Waals surface area contributed by atoms with Gasteiger partial charge in [0.1, 0.15) is 24.8 Å². The van der Waals surface area contributed by atoms with E-state index in [1.807, 2.05) is 87.4 Å². The molecule has 0 aliphatic carbocycles. The number of aliphatic hydroxyl groups is 1. The number of nitrogens with zero attached hydrogens (tertiary/aromatic N) is 4. The number of alkyl carbamates (subject to hydrolysis) is 1. The summed E-state index contributed by atoms with van der Waals surface area (Å²) in [6.45, 7) is 22.5. The fourth-order valence-electron chi connectivity index (χ4n) is 10.9. The van der Waals surface area contributed by atoms with E-state index in [2.05, 4.69) is 16.0 Å². The van der Waals surface area contributed by atoms with Crippen molar-refractivity contribution in [1.29, 1.82) is 0 Å². The van der Waals surface area contributed by atoms with Gasteiger partial charge in [-0.2, -0.15) is 0 Å². The van der Waals surface area contributed by atoms with Gasteiger partial charge < -0.3 is 64.2 Å². The fourth-order valence-corrected chi connectivity index (χ4v) is 10.9. The number of carbonyl (C=O) groups is 7. The molecule has 2 aliphatic heterocycles. The van der Waals surface area contributed by atoms with Gasteiger partial charge >= 0.3 is 12.1 Å². The van der Waals surface area contributed by atoms with Crippen molar-refractivity contribution in [2.75, 3.05) is 68.2 Å². The smallest absolute Gasteiger partial charge is 0.407 e. The van der Waals surface area contributed by atoms with Crippen molar-refractivity contribution in [1.82, 2.24) is 35.6 Å². The van der Waals surface area contributed by atoms with Gasteiger partial charge in [0.25, 0.3) is 0 Å². The highest BCUT2D eigenvalue weighted by Crippen LogP contribution is 2.31. The normalized spacial score (nSPS) is 20.1. The van der Waals surface area contributed by atoms with Crippen LogP contribution in [0.25, 0.3) is 0 Å². The third kappa shape index (κ3) is 20.2. The van der Waals surface area contributed by atoms with Crippen molar-refractivity contribution in [2.45, 2.75) is 201 Å². The van der Waals surface area contributed by atoms with Crippen molar-refractivity contribution >= 4 is 41.6 Å². The van der Waals surface area contributed by atoms with Crippen molar-refractivity contribution in [3.8, 4) is 0 Å². The Morgan fingerprint density at radius 1 is 0.810 bits per heavy atom. The summed E-state index contributed by atoms with van der Waals surface area (Å²) in [5.74, 6) is -3.15. The van der Waals surface area contributed by atoms with Gasteiger partial charge in [0.15, 0.2) is 6.29 Å². The van der Waals surface area contributed by atoms with Crippen LogP contribution in [-0.2, 0) is 57.2 Å². The molecule has 2 aliphatic rings. The maximum absolute atomic E-state index is 14.5. The average Bonchev–Trinajstić information content (AvgIpc) is 4.10. The number of benzene rings is 1. The minimum absolute atomic E-state index is 0.00859. The largest absolute Gasteiger partial charge is 0.454 e. The maximum Gasteiger partial charge on any atom is 0.407 e. The van der Waals surface area contributed by atoms with E-state index in [4.69, 9.17) is 28.4 Å². The molecule has 0 aromatic heterocycles.